The Morgan fingerprint density at radius 3 is 2.90 bits per heavy atom. The fourth-order valence-corrected chi connectivity index (χ4v) is 2.51. The Hall–Kier alpha value is -2.50. The van der Waals surface area contributed by atoms with Crippen LogP contribution in [0, 0.1) is 6.92 Å². The SMILES string of the molecule is Cc1nccn1CCN1C(=O)C(C)Oc2cc(N)ccc21. The molecule has 6 nitrogen and oxygen atoms in total. The van der Waals surface area contributed by atoms with Crippen LogP contribution in [-0.2, 0) is 11.3 Å². The van der Waals surface area contributed by atoms with E-state index in [0.717, 1.165) is 11.5 Å². The lowest BCUT2D eigenvalue weighted by atomic mass is 10.1. The third-order valence-electron chi connectivity index (χ3n) is 3.68. The minimum atomic E-state index is -0.497. The molecule has 2 N–H and O–H groups in total. The summed E-state index contributed by atoms with van der Waals surface area (Å²) in [5.41, 5.74) is 7.18. The minimum Gasteiger partial charge on any atom is -0.479 e. The summed E-state index contributed by atoms with van der Waals surface area (Å²) in [5, 5.41) is 0. The number of imidazole rings is 1. The van der Waals surface area contributed by atoms with E-state index in [1.54, 1.807) is 30.2 Å². The standard InChI is InChI=1S/C15H18N4O2/c1-10-15(20)19(8-7-18-6-5-17-11(18)2)13-4-3-12(16)9-14(13)21-10/h3-6,9-10H,7-8,16H2,1-2H3. The van der Waals surface area contributed by atoms with Crippen molar-refractivity contribution in [2.75, 3.05) is 17.2 Å². The van der Waals surface area contributed by atoms with Gasteiger partial charge in [-0.1, -0.05) is 0 Å². The fourth-order valence-electron chi connectivity index (χ4n) is 2.51. The molecule has 1 aromatic carbocycles. The molecule has 0 fully saturated rings. The quantitative estimate of drug-likeness (QED) is 0.870. The third kappa shape index (κ3) is 2.44. The third-order valence-corrected chi connectivity index (χ3v) is 3.68. The summed E-state index contributed by atoms with van der Waals surface area (Å²) in [6, 6.07) is 5.36. The van der Waals surface area contributed by atoms with Crippen molar-refractivity contribution in [1.82, 2.24) is 9.55 Å². The number of nitrogens with two attached hydrogens (primary N) is 1. The molecule has 1 amide bonds. The number of aromatic nitrogens is 2. The topological polar surface area (TPSA) is 73.4 Å². The van der Waals surface area contributed by atoms with Crippen LogP contribution < -0.4 is 15.4 Å². The first-order valence-electron chi connectivity index (χ1n) is 6.91. The molecule has 1 unspecified atom stereocenters. The van der Waals surface area contributed by atoms with Gasteiger partial charge in [0.1, 0.15) is 11.6 Å². The van der Waals surface area contributed by atoms with Gasteiger partial charge in [-0.25, -0.2) is 4.98 Å². The van der Waals surface area contributed by atoms with Crippen LogP contribution in [-0.4, -0.2) is 28.1 Å². The predicted molar refractivity (Wildman–Crippen MR) is 80.3 cm³/mol. The van der Waals surface area contributed by atoms with Gasteiger partial charge in [0.2, 0.25) is 0 Å². The first kappa shape index (κ1) is 13.5. The number of benzene rings is 1. The van der Waals surface area contributed by atoms with Crippen LogP contribution in [0.2, 0.25) is 0 Å². The van der Waals surface area contributed by atoms with E-state index in [-0.39, 0.29) is 5.91 Å². The minimum absolute atomic E-state index is 0.0370. The molecule has 3 rings (SSSR count). The van der Waals surface area contributed by atoms with Gasteiger partial charge in [0.25, 0.3) is 5.91 Å². The zero-order chi connectivity index (χ0) is 15.0. The molecule has 110 valence electrons. The average Bonchev–Trinajstić information content (AvgIpc) is 2.85. The molecule has 2 heterocycles. The summed E-state index contributed by atoms with van der Waals surface area (Å²) in [7, 11) is 0. The van der Waals surface area contributed by atoms with Crippen molar-refractivity contribution in [3.05, 3.63) is 36.4 Å². The number of hydrogen-bond donors (Lipinski definition) is 1. The predicted octanol–water partition coefficient (Wildman–Crippen LogP) is 1.59. The van der Waals surface area contributed by atoms with Crippen molar-refractivity contribution in [2.45, 2.75) is 26.5 Å². The van der Waals surface area contributed by atoms with Crippen molar-refractivity contribution in [2.24, 2.45) is 0 Å². The molecule has 1 atom stereocenters. The lowest BCUT2D eigenvalue weighted by Gasteiger charge is -2.33. The molecular formula is C15H18N4O2. The highest BCUT2D eigenvalue weighted by atomic mass is 16.5. The largest absolute Gasteiger partial charge is 0.479 e. The summed E-state index contributed by atoms with van der Waals surface area (Å²) in [5.74, 6) is 1.55. The Morgan fingerprint density at radius 2 is 2.19 bits per heavy atom. The number of fused-ring (bicyclic) bond motifs is 1. The van der Waals surface area contributed by atoms with E-state index in [1.807, 2.05) is 23.8 Å². The van der Waals surface area contributed by atoms with Crippen LogP contribution in [0.25, 0.3) is 0 Å². The Kier molecular flexibility index (Phi) is 3.29. The Bertz CT molecular complexity index is 680. The van der Waals surface area contributed by atoms with E-state index in [4.69, 9.17) is 10.5 Å². The maximum atomic E-state index is 12.4. The number of nitrogens with zero attached hydrogens (tertiary/aromatic N) is 3. The van der Waals surface area contributed by atoms with E-state index in [1.165, 1.54) is 0 Å². The lowest BCUT2D eigenvalue weighted by molar-refractivity contribution is -0.125. The molecule has 1 aliphatic heterocycles. The van der Waals surface area contributed by atoms with Crippen LogP contribution in [0.4, 0.5) is 11.4 Å². The van der Waals surface area contributed by atoms with Crippen LogP contribution in [0.5, 0.6) is 5.75 Å². The van der Waals surface area contributed by atoms with Gasteiger partial charge in [-0.2, -0.15) is 0 Å². The van der Waals surface area contributed by atoms with Crippen LogP contribution in [0.15, 0.2) is 30.6 Å². The second-order valence-corrected chi connectivity index (χ2v) is 5.14. The summed E-state index contributed by atoms with van der Waals surface area (Å²) in [4.78, 5) is 18.3. The Labute approximate surface area is 123 Å². The molecule has 0 saturated heterocycles. The van der Waals surface area contributed by atoms with Gasteiger partial charge in [0, 0.05) is 37.2 Å². The zero-order valence-electron chi connectivity index (χ0n) is 12.1. The number of amides is 1. The van der Waals surface area contributed by atoms with Gasteiger partial charge in [0.15, 0.2) is 6.10 Å². The van der Waals surface area contributed by atoms with Gasteiger partial charge < -0.3 is 19.9 Å². The number of aryl methyl sites for hydroxylation is 1. The average molecular weight is 286 g/mol. The normalized spacial score (nSPS) is 17.5. The van der Waals surface area contributed by atoms with E-state index in [9.17, 15) is 4.79 Å². The molecule has 0 radical (unpaired) electrons. The Morgan fingerprint density at radius 1 is 1.38 bits per heavy atom. The second kappa shape index (κ2) is 5.12. The van der Waals surface area contributed by atoms with Crippen molar-refractivity contribution >= 4 is 17.3 Å². The summed E-state index contributed by atoms with van der Waals surface area (Å²) in [6.45, 7) is 4.96. The van der Waals surface area contributed by atoms with Gasteiger partial charge in [-0.3, -0.25) is 4.79 Å². The number of nitrogen functional groups attached to an aromatic ring is 1. The van der Waals surface area contributed by atoms with Gasteiger partial charge in [0.05, 0.1) is 5.69 Å². The molecule has 0 bridgehead atoms. The van der Waals surface area contributed by atoms with Crippen LogP contribution >= 0.6 is 0 Å². The van der Waals surface area contributed by atoms with Crippen molar-refractivity contribution in [1.29, 1.82) is 0 Å². The molecule has 6 heteroatoms. The monoisotopic (exact) mass is 286 g/mol. The molecule has 2 aromatic rings. The van der Waals surface area contributed by atoms with E-state index >= 15 is 0 Å². The number of ether oxygens (including phenoxy) is 1. The summed E-state index contributed by atoms with van der Waals surface area (Å²) < 4.78 is 7.64. The van der Waals surface area contributed by atoms with Crippen LogP contribution in [0.1, 0.15) is 12.7 Å². The van der Waals surface area contributed by atoms with Gasteiger partial charge in [-0.05, 0) is 26.0 Å². The first-order valence-corrected chi connectivity index (χ1v) is 6.91. The molecule has 0 spiro atoms. The van der Waals surface area contributed by atoms with Crippen molar-refractivity contribution in [3.8, 4) is 5.75 Å². The second-order valence-electron chi connectivity index (χ2n) is 5.14. The highest BCUT2D eigenvalue weighted by molar-refractivity contribution is 6.00. The van der Waals surface area contributed by atoms with E-state index in [0.29, 0.717) is 24.5 Å². The molecule has 1 aliphatic rings. The number of anilines is 2. The smallest absolute Gasteiger partial charge is 0.267 e. The molecule has 1 aromatic heterocycles. The van der Waals surface area contributed by atoms with E-state index in [2.05, 4.69) is 4.98 Å². The van der Waals surface area contributed by atoms with Gasteiger partial charge >= 0.3 is 0 Å². The van der Waals surface area contributed by atoms with Crippen LogP contribution in [0.3, 0.4) is 0 Å². The number of carbonyl (C=O) groups excluding carboxylic acids is 1. The summed E-state index contributed by atoms with van der Waals surface area (Å²) >= 11 is 0. The number of carbonyl (C=O) groups is 1. The van der Waals surface area contributed by atoms with Crippen molar-refractivity contribution in [3.63, 3.8) is 0 Å². The maximum Gasteiger partial charge on any atom is 0.267 e. The lowest BCUT2D eigenvalue weighted by Crippen LogP contribution is -2.45. The molecule has 0 saturated carbocycles. The number of rotatable bonds is 3. The Balaban J connectivity index is 1.86. The summed E-state index contributed by atoms with van der Waals surface area (Å²) in [6.07, 6.45) is 3.17. The molecular weight excluding hydrogens is 268 g/mol. The molecule has 21 heavy (non-hydrogen) atoms. The van der Waals surface area contributed by atoms with Gasteiger partial charge in [-0.15, -0.1) is 0 Å². The highest BCUT2D eigenvalue weighted by Crippen LogP contribution is 2.35. The zero-order valence-corrected chi connectivity index (χ0v) is 12.1. The van der Waals surface area contributed by atoms with Crippen molar-refractivity contribution < 1.29 is 9.53 Å². The fraction of sp³-hybridized carbons (Fsp3) is 0.333. The first-order chi connectivity index (χ1) is 10.1. The number of hydrogen-bond acceptors (Lipinski definition) is 4. The van der Waals surface area contributed by atoms with E-state index < -0.39 is 6.10 Å². The highest BCUT2D eigenvalue weighted by Gasteiger charge is 2.31. The molecule has 0 aliphatic carbocycles. The maximum absolute atomic E-state index is 12.4.